The predicted octanol–water partition coefficient (Wildman–Crippen LogP) is 3.31. The largest absolute Gasteiger partial charge is 0.466 e. The molecule has 1 aromatic heterocycles. The maximum absolute atomic E-state index is 12.6. The summed E-state index contributed by atoms with van der Waals surface area (Å²) in [6.07, 6.45) is 1.27. The lowest BCUT2D eigenvalue weighted by Gasteiger charge is -2.42. The van der Waals surface area contributed by atoms with Crippen LogP contribution in [0.25, 0.3) is 0 Å². The van der Waals surface area contributed by atoms with Gasteiger partial charge in [0.2, 0.25) is 5.91 Å². The number of amides is 1. The van der Waals surface area contributed by atoms with Crippen molar-refractivity contribution in [3.8, 4) is 0 Å². The Kier molecular flexibility index (Phi) is 6.82. The number of nitrogen functional groups attached to an aromatic ring is 1. The van der Waals surface area contributed by atoms with Gasteiger partial charge < -0.3 is 20.3 Å². The van der Waals surface area contributed by atoms with Crippen LogP contribution in [0.2, 0.25) is 10.0 Å². The normalized spacial score (nSPS) is 16.6. The second kappa shape index (κ2) is 9.33. The highest BCUT2D eigenvalue weighted by molar-refractivity contribution is 6.31. The lowest BCUT2D eigenvalue weighted by molar-refractivity contribution is -0.148. The fourth-order valence-electron chi connectivity index (χ4n) is 3.37. The summed E-state index contributed by atoms with van der Waals surface area (Å²) >= 11 is 12.0. The van der Waals surface area contributed by atoms with Crippen LogP contribution in [0.1, 0.15) is 24.9 Å². The highest BCUT2D eigenvalue weighted by atomic mass is 35.5. The molecule has 0 radical (unpaired) electrons. The number of nitrogens with two attached hydrogens (primary N) is 1. The van der Waals surface area contributed by atoms with E-state index >= 15 is 0 Å². The average Bonchev–Trinajstić information content (AvgIpc) is 2.68. The Morgan fingerprint density at radius 2 is 1.93 bits per heavy atom. The van der Waals surface area contributed by atoms with Gasteiger partial charge in [-0.15, -0.1) is 0 Å². The van der Waals surface area contributed by atoms with E-state index in [0.29, 0.717) is 41.2 Å². The number of rotatable bonds is 5. The number of halogens is 2. The van der Waals surface area contributed by atoms with Gasteiger partial charge in [0.25, 0.3) is 0 Å². The van der Waals surface area contributed by atoms with Crippen molar-refractivity contribution in [2.75, 3.05) is 36.9 Å². The van der Waals surface area contributed by atoms with Crippen molar-refractivity contribution in [3.63, 3.8) is 0 Å². The van der Waals surface area contributed by atoms with Gasteiger partial charge >= 0.3 is 5.97 Å². The molecule has 1 saturated heterocycles. The van der Waals surface area contributed by atoms with Crippen LogP contribution in [-0.4, -0.2) is 48.0 Å². The van der Waals surface area contributed by atoms with E-state index in [-0.39, 0.29) is 25.0 Å². The van der Waals surface area contributed by atoms with Crippen molar-refractivity contribution in [3.05, 3.63) is 52.1 Å². The highest BCUT2D eigenvalue weighted by Crippen LogP contribution is 2.34. The molecule has 1 amide bonds. The molecule has 1 unspecified atom stereocenters. The summed E-state index contributed by atoms with van der Waals surface area (Å²) in [6, 6.07) is 8.86. The number of hydrogen-bond acceptors (Lipinski definition) is 6. The lowest BCUT2D eigenvalue weighted by atomic mass is 10.0. The number of piperazine rings is 1. The maximum atomic E-state index is 12.6. The minimum atomic E-state index is -0.522. The third kappa shape index (κ3) is 5.10. The average molecular weight is 437 g/mol. The van der Waals surface area contributed by atoms with Crippen molar-refractivity contribution in [2.24, 2.45) is 0 Å². The predicted molar refractivity (Wildman–Crippen MR) is 113 cm³/mol. The van der Waals surface area contributed by atoms with Crippen molar-refractivity contribution < 1.29 is 14.3 Å². The molecule has 154 valence electrons. The molecule has 1 atom stereocenters. The minimum Gasteiger partial charge on any atom is -0.466 e. The fraction of sp³-hybridized carbons (Fsp3) is 0.350. The van der Waals surface area contributed by atoms with E-state index in [1.165, 1.54) is 0 Å². The smallest absolute Gasteiger partial charge is 0.315 e. The number of esters is 1. The van der Waals surface area contributed by atoms with E-state index in [2.05, 4.69) is 4.98 Å². The molecule has 0 saturated carbocycles. The number of benzene rings is 1. The molecule has 0 aliphatic carbocycles. The van der Waals surface area contributed by atoms with Crippen molar-refractivity contribution >= 4 is 46.6 Å². The molecule has 9 heteroatoms. The van der Waals surface area contributed by atoms with E-state index in [1.807, 2.05) is 17.0 Å². The van der Waals surface area contributed by atoms with Crippen LogP contribution < -0.4 is 10.6 Å². The fourth-order valence-corrected chi connectivity index (χ4v) is 3.66. The molecule has 1 fully saturated rings. The van der Waals surface area contributed by atoms with E-state index in [9.17, 15) is 9.59 Å². The van der Waals surface area contributed by atoms with E-state index in [1.54, 1.807) is 36.2 Å². The van der Waals surface area contributed by atoms with Gasteiger partial charge in [-0.3, -0.25) is 9.59 Å². The van der Waals surface area contributed by atoms with Crippen molar-refractivity contribution in [2.45, 2.75) is 19.4 Å². The highest BCUT2D eigenvalue weighted by Gasteiger charge is 2.33. The van der Waals surface area contributed by atoms with E-state index in [0.717, 1.165) is 5.56 Å². The van der Waals surface area contributed by atoms with Crippen LogP contribution in [0, 0.1) is 0 Å². The molecule has 1 aromatic carbocycles. The zero-order valence-corrected chi connectivity index (χ0v) is 17.5. The number of ether oxygens (including phenoxy) is 1. The first kappa shape index (κ1) is 21.2. The molecule has 1 aliphatic rings. The summed E-state index contributed by atoms with van der Waals surface area (Å²) in [4.78, 5) is 32.4. The number of anilines is 2. The summed E-state index contributed by atoms with van der Waals surface area (Å²) in [6.45, 7) is 3.27. The Hall–Kier alpha value is -2.51. The maximum Gasteiger partial charge on any atom is 0.315 e. The molecular formula is C20H22Cl2N4O3. The zero-order valence-electron chi connectivity index (χ0n) is 16.0. The number of carbonyl (C=O) groups is 2. The first-order valence-electron chi connectivity index (χ1n) is 9.25. The van der Waals surface area contributed by atoms with Crippen LogP contribution in [0.3, 0.4) is 0 Å². The molecule has 2 heterocycles. The third-order valence-electron chi connectivity index (χ3n) is 4.72. The number of nitrogens with zero attached hydrogens (tertiary/aromatic N) is 3. The Morgan fingerprint density at radius 3 is 2.59 bits per heavy atom. The molecule has 0 bridgehead atoms. The first-order chi connectivity index (χ1) is 13.9. The summed E-state index contributed by atoms with van der Waals surface area (Å²) in [5.74, 6) is -0.183. The lowest BCUT2D eigenvalue weighted by Crippen LogP contribution is -2.51. The molecule has 2 aromatic rings. The van der Waals surface area contributed by atoms with Crippen LogP contribution in [0.5, 0.6) is 0 Å². The minimum absolute atomic E-state index is 0.205. The standard InChI is InChI=1S/C20H22Cl2N4O3/c1-2-29-19(28)10-18(27)25-7-8-26(20-16(23)9-15(22)11-24-20)17(12-25)13-3-5-14(21)6-4-13/h3-6,9,11,17H,2,7-8,10,12,23H2,1H3. The molecule has 29 heavy (non-hydrogen) atoms. The zero-order chi connectivity index (χ0) is 21.0. The van der Waals surface area contributed by atoms with Gasteiger partial charge in [0.05, 0.1) is 23.4 Å². The Labute approximate surface area is 179 Å². The summed E-state index contributed by atoms with van der Waals surface area (Å²) < 4.78 is 4.89. The van der Waals surface area contributed by atoms with Gasteiger partial charge in [0.15, 0.2) is 5.82 Å². The second-order valence-electron chi connectivity index (χ2n) is 6.65. The Balaban J connectivity index is 1.87. The topological polar surface area (TPSA) is 88.8 Å². The number of carbonyl (C=O) groups excluding carboxylic acids is 2. The molecular weight excluding hydrogens is 415 g/mol. The number of hydrogen-bond donors (Lipinski definition) is 1. The Morgan fingerprint density at radius 1 is 1.21 bits per heavy atom. The van der Waals surface area contributed by atoms with Crippen molar-refractivity contribution in [1.29, 1.82) is 0 Å². The van der Waals surface area contributed by atoms with E-state index < -0.39 is 5.97 Å². The SMILES string of the molecule is CCOC(=O)CC(=O)N1CCN(c2ncc(Cl)cc2N)C(c2ccc(Cl)cc2)C1. The molecule has 0 spiro atoms. The van der Waals surface area contributed by atoms with E-state index in [4.69, 9.17) is 33.7 Å². The first-order valence-corrected chi connectivity index (χ1v) is 10.0. The number of aromatic nitrogens is 1. The van der Waals surface area contributed by atoms with Gasteiger partial charge in [0.1, 0.15) is 6.42 Å². The van der Waals surface area contributed by atoms with Crippen LogP contribution in [-0.2, 0) is 14.3 Å². The van der Waals surface area contributed by atoms with Crippen LogP contribution in [0.4, 0.5) is 11.5 Å². The summed E-state index contributed by atoms with van der Waals surface area (Å²) in [7, 11) is 0. The molecule has 7 nitrogen and oxygen atoms in total. The molecule has 3 rings (SSSR count). The van der Waals surface area contributed by atoms with Gasteiger partial charge in [-0.1, -0.05) is 35.3 Å². The second-order valence-corrected chi connectivity index (χ2v) is 7.52. The monoisotopic (exact) mass is 436 g/mol. The van der Waals surface area contributed by atoms with Gasteiger partial charge in [-0.05, 0) is 30.7 Å². The summed E-state index contributed by atoms with van der Waals surface area (Å²) in [5.41, 5.74) is 7.58. The molecule has 1 aliphatic heterocycles. The van der Waals surface area contributed by atoms with Gasteiger partial charge in [-0.2, -0.15) is 0 Å². The third-order valence-corrected chi connectivity index (χ3v) is 5.18. The summed E-state index contributed by atoms with van der Waals surface area (Å²) in [5, 5.41) is 1.08. The van der Waals surface area contributed by atoms with Crippen molar-refractivity contribution in [1.82, 2.24) is 9.88 Å². The van der Waals surface area contributed by atoms with Gasteiger partial charge in [-0.25, -0.2) is 4.98 Å². The van der Waals surface area contributed by atoms with Crippen LogP contribution in [0.15, 0.2) is 36.5 Å². The Bertz CT molecular complexity index is 892. The quantitative estimate of drug-likeness (QED) is 0.571. The number of pyridine rings is 1. The van der Waals surface area contributed by atoms with Crippen LogP contribution >= 0.6 is 23.2 Å². The molecule has 2 N–H and O–H groups in total. The van der Waals surface area contributed by atoms with Gasteiger partial charge in [0, 0.05) is 30.9 Å².